The van der Waals surface area contributed by atoms with Gasteiger partial charge in [-0.15, -0.1) is 11.3 Å². The second-order valence-electron chi connectivity index (χ2n) is 9.69. The Bertz CT molecular complexity index is 1190. The fraction of sp³-hybridized carbons (Fsp3) is 0.423. The minimum absolute atomic E-state index is 0.0497. The van der Waals surface area contributed by atoms with Crippen LogP contribution in [0, 0.1) is 0 Å². The Labute approximate surface area is 207 Å². The van der Waals surface area contributed by atoms with Crippen LogP contribution in [0.1, 0.15) is 59.7 Å². The van der Waals surface area contributed by atoms with Crippen molar-refractivity contribution in [2.45, 2.75) is 51.8 Å². The van der Waals surface area contributed by atoms with Crippen molar-refractivity contribution in [2.75, 3.05) is 20.3 Å². The summed E-state index contributed by atoms with van der Waals surface area (Å²) in [5.41, 5.74) is 4.88. The Hall–Kier alpha value is -2.09. The highest BCUT2D eigenvalue weighted by Crippen LogP contribution is 2.45. The van der Waals surface area contributed by atoms with E-state index in [1.165, 1.54) is 10.4 Å². The maximum atomic E-state index is 14.1. The molecule has 0 saturated heterocycles. The number of hydrogen-bond donors (Lipinski definition) is 0. The lowest BCUT2D eigenvalue weighted by Gasteiger charge is -2.37. The second kappa shape index (κ2) is 8.60. The lowest BCUT2D eigenvalue weighted by atomic mass is 9.92. The molecule has 0 saturated carbocycles. The fourth-order valence-corrected chi connectivity index (χ4v) is 6.33. The van der Waals surface area contributed by atoms with Crippen LogP contribution in [-0.2, 0) is 17.8 Å². The van der Waals surface area contributed by atoms with Gasteiger partial charge in [-0.1, -0.05) is 6.07 Å². The third-order valence-electron chi connectivity index (χ3n) is 6.55. The number of halogens is 1. The van der Waals surface area contributed by atoms with E-state index in [1.54, 1.807) is 18.4 Å². The van der Waals surface area contributed by atoms with E-state index in [1.807, 2.05) is 4.90 Å². The van der Waals surface area contributed by atoms with Gasteiger partial charge < -0.3 is 18.9 Å². The van der Waals surface area contributed by atoms with Gasteiger partial charge in [0, 0.05) is 40.4 Å². The molecule has 5 rings (SSSR count). The summed E-state index contributed by atoms with van der Waals surface area (Å²) < 4.78 is 14.8. The molecule has 0 aliphatic carbocycles. The van der Waals surface area contributed by atoms with E-state index in [4.69, 9.17) is 9.47 Å². The van der Waals surface area contributed by atoms with E-state index < -0.39 is 0 Å². The third-order valence-corrected chi connectivity index (χ3v) is 8.14. The largest absolute Gasteiger partial charge is 0.496 e. The highest BCUT2D eigenvalue weighted by atomic mass is 79.9. The molecule has 2 aliphatic rings. The minimum atomic E-state index is -0.273. The van der Waals surface area contributed by atoms with Crippen molar-refractivity contribution in [3.8, 4) is 17.0 Å². The lowest BCUT2D eigenvalue weighted by molar-refractivity contribution is 0.0543. The maximum absolute atomic E-state index is 14.1. The summed E-state index contributed by atoms with van der Waals surface area (Å²) in [6.45, 7) is 8.11. The number of ether oxygens (including phenoxy) is 2. The zero-order chi connectivity index (χ0) is 23.3. The maximum Gasteiger partial charge on any atom is 0.271 e. The molecule has 33 heavy (non-hydrogen) atoms. The van der Waals surface area contributed by atoms with Crippen molar-refractivity contribution in [3.05, 3.63) is 61.9 Å². The minimum Gasteiger partial charge on any atom is -0.496 e. The molecule has 5 nitrogen and oxygen atoms in total. The van der Waals surface area contributed by atoms with Gasteiger partial charge in [0.05, 0.1) is 24.2 Å². The fourth-order valence-electron chi connectivity index (χ4n) is 5.00. The van der Waals surface area contributed by atoms with E-state index in [9.17, 15) is 4.79 Å². The third kappa shape index (κ3) is 3.94. The van der Waals surface area contributed by atoms with Crippen molar-refractivity contribution < 1.29 is 14.3 Å². The Morgan fingerprint density at radius 3 is 2.73 bits per heavy atom. The summed E-state index contributed by atoms with van der Waals surface area (Å²) in [6.07, 6.45) is 1.64. The summed E-state index contributed by atoms with van der Waals surface area (Å²) in [5, 5.41) is 2.11. The molecule has 1 amide bonds. The number of thiophene rings is 1. The number of fused-ring (bicyclic) bond motifs is 5. The molecule has 2 aromatic heterocycles. The number of hydrogen-bond acceptors (Lipinski definition) is 4. The van der Waals surface area contributed by atoms with Crippen molar-refractivity contribution in [1.82, 2.24) is 9.47 Å². The monoisotopic (exact) mass is 528 g/mol. The summed E-state index contributed by atoms with van der Waals surface area (Å²) in [4.78, 5) is 17.4. The van der Waals surface area contributed by atoms with E-state index in [2.05, 4.69) is 77.0 Å². The van der Waals surface area contributed by atoms with Crippen LogP contribution >= 0.6 is 27.3 Å². The first-order valence-corrected chi connectivity index (χ1v) is 13.0. The molecule has 7 heteroatoms. The molecule has 0 spiro atoms. The Balaban J connectivity index is 1.77. The molecule has 3 aromatic rings. The molecule has 1 atom stereocenters. The van der Waals surface area contributed by atoms with Gasteiger partial charge in [0.1, 0.15) is 11.4 Å². The van der Waals surface area contributed by atoms with Gasteiger partial charge in [-0.25, -0.2) is 0 Å². The van der Waals surface area contributed by atoms with Crippen LogP contribution in [0.5, 0.6) is 5.75 Å². The van der Waals surface area contributed by atoms with Crippen LogP contribution < -0.4 is 4.74 Å². The van der Waals surface area contributed by atoms with Crippen LogP contribution in [0.25, 0.3) is 11.3 Å². The number of amides is 1. The molecule has 1 unspecified atom stereocenters. The summed E-state index contributed by atoms with van der Waals surface area (Å²) in [5.74, 6) is 0.915. The first-order valence-electron chi connectivity index (χ1n) is 11.3. The molecule has 0 fully saturated rings. The average Bonchev–Trinajstić information content (AvgIpc) is 3.42. The van der Waals surface area contributed by atoms with E-state index in [-0.39, 0.29) is 17.5 Å². The van der Waals surface area contributed by atoms with E-state index >= 15 is 0 Å². The Morgan fingerprint density at radius 1 is 1.21 bits per heavy atom. The van der Waals surface area contributed by atoms with Crippen LogP contribution in [-0.4, -0.2) is 41.2 Å². The number of methoxy groups -OCH3 is 1. The zero-order valence-electron chi connectivity index (χ0n) is 19.5. The van der Waals surface area contributed by atoms with Crippen LogP contribution in [0.2, 0.25) is 0 Å². The van der Waals surface area contributed by atoms with Gasteiger partial charge in [0.2, 0.25) is 0 Å². The van der Waals surface area contributed by atoms with Crippen LogP contribution in [0.15, 0.2) is 40.2 Å². The van der Waals surface area contributed by atoms with E-state index in [0.717, 1.165) is 45.6 Å². The number of rotatable bonds is 2. The second-order valence-corrected chi connectivity index (χ2v) is 11.5. The van der Waals surface area contributed by atoms with Crippen LogP contribution in [0.4, 0.5) is 0 Å². The molecule has 2 aliphatic heterocycles. The van der Waals surface area contributed by atoms with Gasteiger partial charge in [0.15, 0.2) is 0 Å². The molecule has 1 aromatic carbocycles. The highest BCUT2D eigenvalue weighted by Gasteiger charge is 2.37. The average molecular weight is 530 g/mol. The Morgan fingerprint density at radius 2 is 2.03 bits per heavy atom. The predicted octanol–water partition coefficient (Wildman–Crippen LogP) is 6.29. The molecule has 4 heterocycles. The van der Waals surface area contributed by atoms with E-state index in [0.29, 0.717) is 19.8 Å². The van der Waals surface area contributed by atoms with Crippen molar-refractivity contribution >= 4 is 33.2 Å². The number of aromatic nitrogens is 1. The molecule has 0 N–H and O–H groups in total. The number of carbonyl (C=O) groups excluding carboxylic acids is 1. The van der Waals surface area contributed by atoms with Crippen molar-refractivity contribution in [2.24, 2.45) is 0 Å². The quantitative estimate of drug-likeness (QED) is 0.392. The summed E-state index contributed by atoms with van der Waals surface area (Å²) in [6, 6.07) is 10.7. The number of nitrogens with zero attached hydrogens (tertiary/aromatic N) is 2. The molecule has 174 valence electrons. The van der Waals surface area contributed by atoms with Crippen molar-refractivity contribution in [1.29, 1.82) is 0 Å². The predicted molar refractivity (Wildman–Crippen MR) is 135 cm³/mol. The Kier molecular flexibility index (Phi) is 5.91. The molecular formula is C26H29BrN2O3S. The standard InChI is InChI=1S/C26H29BrN2O3S/c1-26(2,3)28-8-6-9-32-15-17-12-20-18-14-19(27)22(31-4)13-16(18)11-21(23-7-5-10-33-23)29(20)24(17)25(28)30/h5,7,10,12-14,21H,6,8-9,11,15H2,1-4H3. The summed E-state index contributed by atoms with van der Waals surface area (Å²) in [7, 11) is 1.69. The van der Waals surface area contributed by atoms with Gasteiger partial charge in [-0.3, -0.25) is 4.79 Å². The van der Waals surface area contributed by atoms with Gasteiger partial charge in [-0.05, 0) is 84.8 Å². The number of carbonyl (C=O) groups is 1. The first kappa shape index (κ1) is 22.7. The highest BCUT2D eigenvalue weighted by molar-refractivity contribution is 9.10. The number of benzene rings is 1. The van der Waals surface area contributed by atoms with Gasteiger partial charge in [-0.2, -0.15) is 0 Å². The summed E-state index contributed by atoms with van der Waals surface area (Å²) >= 11 is 5.40. The topological polar surface area (TPSA) is 43.7 Å². The molecule has 0 bridgehead atoms. The first-order chi connectivity index (χ1) is 15.8. The molecule has 0 radical (unpaired) electrons. The van der Waals surface area contributed by atoms with Crippen LogP contribution in [0.3, 0.4) is 0 Å². The van der Waals surface area contributed by atoms with Gasteiger partial charge >= 0.3 is 0 Å². The molecular weight excluding hydrogens is 500 g/mol. The van der Waals surface area contributed by atoms with Gasteiger partial charge in [0.25, 0.3) is 5.91 Å². The smallest absolute Gasteiger partial charge is 0.271 e. The lowest BCUT2D eigenvalue weighted by Crippen LogP contribution is -2.47. The SMILES string of the molecule is COc1cc2c(cc1Br)-c1cc3c(n1C(c1cccs1)C2)C(=O)N(C(C)(C)C)CCCOC3. The normalized spacial score (nSPS) is 18.6. The van der Waals surface area contributed by atoms with Crippen molar-refractivity contribution in [3.63, 3.8) is 0 Å². The zero-order valence-corrected chi connectivity index (χ0v) is 21.9.